The third kappa shape index (κ3) is 2.89. The van der Waals surface area contributed by atoms with Crippen molar-refractivity contribution in [3.8, 4) is 0 Å². The van der Waals surface area contributed by atoms with E-state index in [4.69, 9.17) is 5.11 Å². The van der Waals surface area contributed by atoms with Crippen LogP contribution in [0.4, 0.5) is 10.1 Å². The lowest BCUT2D eigenvalue weighted by atomic mass is 9.86. The molecule has 1 fully saturated rings. The number of fused-ring (bicyclic) bond motifs is 1. The van der Waals surface area contributed by atoms with Gasteiger partial charge in [-0.1, -0.05) is 12.1 Å². The number of carboxylic acids is 1. The van der Waals surface area contributed by atoms with Crippen LogP contribution >= 0.6 is 0 Å². The molecule has 0 radical (unpaired) electrons. The first-order valence-electron chi connectivity index (χ1n) is 7.60. The van der Waals surface area contributed by atoms with Crippen molar-refractivity contribution in [2.75, 3.05) is 5.32 Å². The number of para-hydroxylation sites is 1. The average molecular weight is 302 g/mol. The number of benzene rings is 1. The van der Waals surface area contributed by atoms with Crippen molar-refractivity contribution in [2.45, 2.75) is 38.6 Å². The number of nitrogens with zero attached hydrogens (tertiary/aromatic N) is 1. The summed E-state index contributed by atoms with van der Waals surface area (Å²) in [7, 11) is 0. The molecule has 1 aliphatic rings. The van der Waals surface area contributed by atoms with E-state index in [0.29, 0.717) is 18.4 Å². The molecule has 0 unspecified atom stereocenters. The molecule has 1 saturated carbocycles. The van der Waals surface area contributed by atoms with Crippen molar-refractivity contribution in [3.05, 3.63) is 35.8 Å². The highest BCUT2D eigenvalue weighted by Gasteiger charge is 2.26. The van der Waals surface area contributed by atoms with Crippen LogP contribution in [-0.2, 0) is 4.79 Å². The van der Waals surface area contributed by atoms with Gasteiger partial charge in [-0.15, -0.1) is 0 Å². The zero-order chi connectivity index (χ0) is 15.7. The predicted molar refractivity (Wildman–Crippen MR) is 83.4 cm³/mol. The lowest BCUT2D eigenvalue weighted by Gasteiger charge is -2.28. The molecule has 1 aromatic heterocycles. The quantitative estimate of drug-likeness (QED) is 0.906. The van der Waals surface area contributed by atoms with E-state index in [1.807, 2.05) is 19.1 Å². The van der Waals surface area contributed by atoms with Gasteiger partial charge in [0, 0.05) is 22.8 Å². The highest BCUT2D eigenvalue weighted by atomic mass is 19.1. The Hall–Kier alpha value is -2.17. The van der Waals surface area contributed by atoms with Gasteiger partial charge in [0.25, 0.3) is 0 Å². The zero-order valence-electron chi connectivity index (χ0n) is 12.5. The molecule has 2 N–H and O–H groups in total. The van der Waals surface area contributed by atoms with E-state index in [-0.39, 0.29) is 17.8 Å². The Balaban J connectivity index is 1.83. The van der Waals surface area contributed by atoms with Crippen LogP contribution in [0.1, 0.15) is 31.4 Å². The van der Waals surface area contributed by atoms with Gasteiger partial charge in [0.2, 0.25) is 0 Å². The molecule has 4 nitrogen and oxygen atoms in total. The van der Waals surface area contributed by atoms with Crippen molar-refractivity contribution < 1.29 is 14.3 Å². The highest BCUT2D eigenvalue weighted by Crippen LogP contribution is 2.30. The van der Waals surface area contributed by atoms with Crippen molar-refractivity contribution in [1.29, 1.82) is 0 Å². The van der Waals surface area contributed by atoms with E-state index >= 15 is 0 Å². The molecule has 3 rings (SSSR count). The summed E-state index contributed by atoms with van der Waals surface area (Å²) < 4.78 is 13.9. The number of carbonyl (C=O) groups is 1. The number of anilines is 1. The molecular formula is C17H19FN2O2. The summed E-state index contributed by atoms with van der Waals surface area (Å²) in [6, 6.07) is 7.10. The number of carboxylic acid groups (broad SMARTS) is 1. The summed E-state index contributed by atoms with van der Waals surface area (Å²) in [4.78, 5) is 15.3. The molecular weight excluding hydrogens is 283 g/mol. The smallest absolute Gasteiger partial charge is 0.306 e. The molecule has 0 spiro atoms. The number of halogens is 1. The van der Waals surface area contributed by atoms with E-state index in [2.05, 4.69) is 10.3 Å². The van der Waals surface area contributed by atoms with Crippen LogP contribution in [0, 0.1) is 18.7 Å². The maximum absolute atomic E-state index is 13.9. The topological polar surface area (TPSA) is 62.2 Å². The second-order valence-electron chi connectivity index (χ2n) is 5.98. The molecule has 22 heavy (non-hydrogen) atoms. The molecule has 1 heterocycles. The van der Waals surface area contributed by atoms with Crippen LogP contribution in [0.2, 0.25) is 0 Å². The fourth-order valence-corrected chi connectivity index (χ4v) is 3.17. The molecule has 2 aromatic rings. The van der Waals surface area contributed by atoms with E-state index < -0.39 is 5.97 Å². The minimum absolute atomic E-state index is 0.226. The number of hydrogen-bond acceptors (Lipinski definition) is 3. The van der Waals surface area contributed by atoms with Gasteiger partial charge >= 0.3 is 5.97 Å². The molecule has 116 valence electrons. The Morgan fingerprint density at radius 3 is 2.73 bits per heavy atom. The lowest BCUT2D eigenvalue weighted by Crippen LogP contribution is -2.29. The van der Waals surface area contributed by atoms with Crippen LogP contribution in [0.3, 0.4) is 0 Å². The first-order chi connectivity index (χ1) is 10.5. The number of aryl methyl sites for hydroxylation is 1. The summed E-state index contributed by atoms with van der Waals surface area (Å²) in [5.41, 5.74) is 2.02. The fourth-order valence-electron chi connectivity index (χ4n) is 3.17. The van der Waals surface area contributed by atoms with Gasteiger partial charge in [0.05, 0.1) is 5.92 Å². The van der Waals surface area contributed by atoms with Crippen molar-refractivity contribution in [3.63, 3.8) is 0 Å². The van der Waals surface area contributed by atoms with Crippen molar-refractivity contribution in [2.24, 2.45) is 5.92 Å². The minimum Gasteiger partial charge on any atom is -0.481 e. The minimum atomic E-state index is -0.703. The summed E-state index contributed by atoms with van der Waals surface area (Å²) >= 11 is 0. The first kappa shape index (κ1) is 14.8. The van der Waals surface area contributed by atoms with Crippen LogP contribution in [0.25, 0.3) is 10.9 Å². The monoisotopic (exact) mass is 302 g/mol. The Labute approximate surface area is 128 Å². The largest absolute Gasteiger partial charge is 0.481 e. The average Bonchev–Trinajstić information content (AvgIpc) is 2.49. The van der Waals surface area contributed by atoms with Gasteiger partial charge in [-0.2, -0.15) is 0 Å². The van der Waals surface area contributed by atoms with Crippen LogP contribution in [0.15, 0.2) is 24.3 Å². The van der Waals surface area contributed by atoms with E-state index in [1.165, 1.54) is 6.07 Å². The summed E-state index contributed by atoms with van der Waals surface area (Å²) in [6.07, 6.45) is 3.00. The van der Waals surface area contributed by atoms with Crippen LogP contribution in [-0.4, -0.2) is 22.1 Å². The SMILES string of the molecule is Cc1cc(NC2CCC(C(=O)O)CC2)c2cccc(F)c2n1. The lowest BCUT2D eigenvalue weighted by molar-refractivity contribution is -0.142. The molecule has 0 atom stereocenters. The van der Waals surface area contributed by atoms with E-state index in [0.717, 1.165) is 29.6 Å². The molecule has 0 bridgehead atoms. The van der Waals surface area contributed by atoms with Crippen LogP contribution in [0.5, 0.6) is 0 Å². The Kier molecular flexibility index (Phi) is 3.96. The number of rotatable bonds is 3. The van der Waals surface area contributed by atoms with Gasteiger partial charge < -0.3 is 10.4 Å². The number of aromatic nitrogens is 1. The van der Waals surface area contributed by atoms with E-state index in [9.17, 15) is 9.18 Å². The van der Waals surface area contributed by atoms with Gasteiger partial charge in [-0.05, 0) is 44.7 Å². The van der Waals surface area contributed by atoms with Crippen molar-refractivity contribution >= 4 is 22.6 Å². The second-order valence-corrected chi connectivity index (χ2v) is 5.98. The molecule has 5 heteroatoms. The number of aliphatic carboxylic acids is 1. The number of hydrogen-bond donors (Lipinski definition) is 2. The predicted octanol–water partition coefficient (Wildman–Crippen LogP) is 3.74. The Morgan fingerprint density at radius 1 is 1.32 bits per heavy atom. The molecule has 0 saturated heterocycles. The zero-order valence-corrected chi connectivity index (χ0v) is 12.5. The summed E-state index contributed by atoms with van der Waals surface area (Å²) in [5, 5.41) is 13.3. The molecule has 0 aliphatic heterocycles. The normalized spacial score (nSPS) is 21.7. The maximum Gasteiger partial charge on any atom is 0.306 e. The van der Waals surface area contributed by atoms with Gasteiger partial charge in [-0.25, -0.2) is 9.37 Å². The Morgan fingerprint density at radius 2 is 2.05 bits per heavy atom. The summed E-state index contributed by atoms with van der Waals surface area (Å²) in [6.45, 7) is 1.85. The maximum atomic E-state index is 13.9. The second kappa shape index (κ2) is 5.91. The van der Waals surface area contributed by atoms with Crippen molar-refractivity contribution in [1.82, 2.24) is 4.98 Å². The fraction of sp³-hybridized carbons (Fsp3) is 0.412. The molecule has 0 amide bonds. The highest BCUT2D eigenvalue weighted by molar-refractivity contribution is 5.91. The van der Waals surface area contributed by atoms with Gasteiger partial charge in [-0.3, -0.25) is 4.79 Å². The Bertz CT molecular complexity index is 709. The van der Waals surface area contributed by atoms with Gasteiger partial charge in [0.1, 0.15) is 11.3 Å². The van der Waals surface area contributed by atoms with Crippen LogP contribution < -0.4 is 5.32 Å². The number of nitrogens with one attached hydrogen (secondary N) is 1. The van der Waals surface area contributed by atoms with Gasteiger partial charge in [0.15, 0.2) is 0 Å². The third-order valence-corrected chi connectivity index (χ3v) is 4.35. The standard InChI is InChI=1S/C17H19FN2O2/c1-10-9-15(13-3-2-4-14(18)16(13)19-10)20-12-7-5-11(6-8-12)17(21)22/h2-4,9,11-12H,5-8H2,1H3,(H,19,20)(H,21,22). The molecule has 1 aromatic carbocycles. The van der Waals surface area contributed by atoms with E-state index in [1.54, 1.807) is 6.07 Å². The first-order valence-corrected chi connectivity index (χ1v) is 7.60. The summed E-state index contributed by atoms with van der Waals surface area (Å²) in [5.74, 6) is -1.25. The number of pyridine rings is 1. The third-order valence-electron chi connectivity index (χ3n) is 4.35. The molecule has 1 aliphatic carbocycles.